The summed E-state index contributed by atoms with van der Waals surface area (Å²) in [5.41, 5.74) is 8.43. The third-order valence-corrected chi connectivity index (χ3v) is 3.08. The highest BCUT2D eigenvalue weighted by Crippen LogP contribution is 2.28. The molecule has 1 aromatic heterocycles. The van der Waals surface area contributed by atoms with E-state index in [1.54, 1.807) is 25.4 Å². The Morgan fingerprint density at radius 3 is 2.78 bits per heavy atom. The average Bonchev–Trinajstić information content (AvgIpc) is 2.69. The van der Waals surface area contributed by atoms with Gasteiger partial charge in [-0.15, -0.1) is 0 Å². The maximum atomic E-state index is 12.0. The zero-order valence-electron chi connectivity index (χ0n) is 10.1. The van der Waals surface area contributed by atoms with Gasteiger partial charge in [-0.3, -0.25) is 9.48 Å². The number of carbonyl (C=O) groups is 1. The Morgan fingerprint density at radius 2 is 2.22 bits per heavy atom. The Labute approximate surface area is 113 Å². The molecule has 0 saturated heterocycles. The zero-order valence-corrected chi connectivity index (χ0v) is 11.7. The van der Waals surface area contributed by atoms with Gasteiger partial charge in [-0.2, -0.15) is 5.10 Å². The number of aryl methyl sites for hydroxylation is 2. The van der Waals surface area contributed by atoms with E-state index in [2.05, 4.69) is 26.3 Å². The van der Waals surface area contributed by atoms with Crippen molar-refractivity contribution >= 4 is 33.2 Å². The van der Waals surface area contributed by atoms with Crippen LogP contribution in [0.4, 0.5) is 11.4 Å². The lowest BCUT2D eigenvalue weighted by atomic mass is 10.1. The predicted molar refractivity (Wildman–Crippen MR) is 74.5 cm³/mol. The highest BCUT2D eigenvalue weighted by Gasteiger charge is 2.13. The third-order valence-electron chi connectivity index (χ3n) is 2.62. The van der Waals surface area contributed by atoms with Crippen molar-refractivity contribution in [3.8, 4) is 0 Å². The molecule has 2 rings (SSSR count). The summed E-state index contributed by atoms with van der Waals surface area (Å²) in [4.78, 5) is 12.0. The van der Waals surface area contributed by atoms with E-state index in [1.807, 2.05) is 13.0 Å². The zero-order chi connectivity index (χ0) is 13.3. The molecule has 0 unspecified atom stereocenters. The van der Waals surface area contributed by atoms with Crippen LogP contribution < -0.4 is 11.1 Å². The molecule has 0 fully saturated rings. The van der Waals surface area contributed by atoms with E-state index in [0.717, 1.165) is 10.0 Å². The van der Waals surface area contributed by atoms with Crippen LogP contribution in [0.25, 0.3) is 0 Å². The van der Waals surface area contributed by atoms with E-state index in [4.69, 9.17) is 5.73 Å². The number of rotatable bonds is 2. The van der Waals surface area contributed by atoms with E-state index in [9.17, 15) is 4.79 Å². The molecule has 1 amide bonds. The van der Waals surface area contributed by atoms with Crippen LogP contribution in [0.15, 0.2) is 28.9 Å². The second-order valence-corrected chi connectivity index (χ2v) is 4.90. The molecule has 18 heavy (non-hydrogen) atoms. The molecule has 0 radical (unpaired) electrons. The lowest BCUT2D eigenvalue weighted by Gasteiger charge is -2.12. The second-order valence-electron chi connectivity index (χ2n) is 3.98. The Balaban J connectivity index is 2.31. The number of hydrogen-bond donors (Lipinski definition) is 2. The van der Waals surface area contributed by atoms with Gasteiger partial charge in [-0.25, -0.2) is 0 Å². The quantitative estimate of drug-likeness (QED) is 0.836. The number of anilines is 2. The molecule has 0 atom stereocenters. The molecular weight excluding hydrogens is 296 g/mol. The summed E-state index contributed by atoms with van der Waals surface area (Å²) in [6.45, 7) is 1.89. The monoisotopic (exact) mass is 308 g/mol. The van der Waals surface area contributed by atoms with Gasteiger partial charge in [0.1, 0.15) is 5.69 Å². The van der Waals surface area contributed by atoms with Crippen molar-refractivity contribution in [2.24, 2.45) is 7.05 Å². The Kier molecular flexibility index (Phi) is 3.38. The Hall–Kier alpha value is -1.82. The molecule has 94 valence electrons. The maximum Gasteiger partial charge on any atom is 0.273 e. The van der Waals surface area contributed by atoms with Crippen LogP contribution >= 0.6 is 15.9 Å². The van der Waals surface area contributed by atoms with Crippen LogP contribution in [-0.2, 0) is 7.05 Å². The molecule has 0 saturated carbocycles. The molecule has 0 aliphatic heterocycles. The van der Waals surface area contributed by atoms with E-state index in [-0.39, 0.29) is 5.91 Å². The molecule has 6 heteroatoms. The fourth-order valence-electron chi connectivity index (χ4n) is 1.71. The topological polar surface area (TPSA) is 72.9 Å². The summed E-state index contributed by atoms with van der Waals surface area (Å²) < 4.78 is 2.40. The van der Waals surface area contributed by atoms with Crippen molar-refractivity contribution in [1.82, 2.24) is 9.78 Å². The number of halogens is 1. The van der Waals surface area contributed by atoms with Gasteiger partial charge >= 0.3 is 0 Å². The number of hydrogen-bond acceptors (Lipinski definition) is 3. The largest absolute Gasteiger partial charge is 0.397 e. The molecule has 2 aromatic rings. The van der Waals surface area contributed by atoms with Gasteiger partial charge < -0.3 is 11.1 Å². The minimum atomic E-state index is -0.230. The standard InChI is InChI=1S/C12H13BrN4O/c1-7-5-8(13)6-9(14)11(7)16-12(18)10-3-4-15-17(10)2/h3-6H,14H2,1-2H3,(H,16,18). The third kappa shape index (κ3) is 2.38. The molecule has 0 spiro atoms. The van der Waals surface area contributed by atoms with Gasteiger partial charge in [0.25, 0.3) is 5.91 Å². The van der Waals surface area contributed by atoms with Gasteiger partial charge in [0, 0.05) is 17.7 Å². The normalized spacial score (nSPS) is 10.4. The number of nitrogens with two attached hydrogens (primary N) is 1. The minimum Gasteiger partial charge on any atom is -0.397 e. The van der Waals surface area contributed by atoms with Crippen molar-refractivity contribution in [1.29, 1.82) is 0 Å². The summed E-state index contributed by atoms with van der Waals surface area (Å²) in [5.74, 6) is -0.230. The first-order chi connectivity index (χ1) is 8.49. The molecule has 0 aliphatic carbocycles. The van der Waals surface area contributed by atoms with Crippen LogP contribution in [0.3, 0.4) is 0 Å². The van der Waals surface area contributed by atoms with Crippen molar-refractivity contribution in [2.45, 2.75) is 6.92 Å². The maximum absolute atomic E-state index is 12.0. The van der Waals surface area contributed by atoms with Crippen LogP contribution in [0, 0.1) is 6.92 Å². The van der Waals surface area contributed by atoms with E-state index >= 15 is 0 Å². The first-order valence-corrected chi connectivity index (χ1v) is 6.13. The number of aromatic nitrogens is 2. The summed E-state index contributed by atoms with van der Waals surface area (Å²) in [6, 6.07) is 5.31. The Morgan fingerprint density at radius 1 is 1.50 bits per heavy atom. The van der Waals surface area contributed by atoms with Gasteiger partial charge in [0.2, 0.25) is 0 Å². The molecule has 1 aromatic carbocycles. The number of amides is 1. The van der Waals surface area contributed by atoms with Gasteiger partial charge in [0.15, 0.2) is 0 Å². The molecule has 1 heterocycles. The van der Waals surface area contributed by atoms with Gasteiger partial charge in [0.05, 0.1) is 11.4 Å². The smallest absolute Gasteiger partial charge is 0.273 e. The summed E-state index contributed by atoms with van der Waals surface area (Å²) in [7, 11) is 1.71. The van der Waals surface area contributed by atoms with Crippen LogP contribution in [0.2, 0.25) is 0 Å². The molecule has 0 aliphatic rings. The summed E-state index contributed by atoms with van der Waals surface area (Å²) in [5, 5.41) is 6.76. The fraction of sp³-hybridized carbons (Fsp3) is 0.167. The number of nitrogen functional groups attached to an aromatic ring is 1. The highest BCUT2D eigenvalue weighted by atomic mass is 79.9. The van der Waals surface area contributed by atoms with Crippen molar-refractivity contribution < 1.29 is 4.79 Å². The first-order valence-electron chi connectivity index (χ1n) is 5.34. The van der Waals surface area contributed by atoms with Gasteiger partial charge in [-0.05, 0) is 30.7 Å². The molecule has 0 bridgehead atoms. The lowest BCUT2D eigenvalue weighted by molar-refractivity contribution is 0.101. The average molecular weight is 309 g/mol. The van der Waals surface area contributed by atoms with Crippen LogP contribution in [0.5, 0.6) is 0 Å². The Bertz CT molecular complexity index is 583. The molecular formula is C12H13BrN4O. The second kappa shape index (κ2) is 4.81. The van der Waals surface area contributed by atoms with Gasteiger partial charge in [-0.1, -0.05) is 15.9 Å². The first kappa shape index (κ1) is 12.6. The summed E-state index contributed by atoms with van der Waals surface area (Å²) in [6.07, 6.45) is 1.58. The number of carbonyl (C=O) groups excluding carboxylic acids is 1. The van der Waals surface area contributed by atoms with Crippen LogP contribution in [0.1, 0.15) is 16.1 Å². The van der Waals surface area contributed by atoms with E-state index in [1.165, 1.54) is 4.68 Å². The van der Waals surface area contributed by atoms with Crippen LogP contribution in [-0.4, -0.2) is 15.7 Å². The number of benzene rings is 1. The van der Waals surface area contributed by atoms with Crippen molar-refractivity contribution in [3.63, 3.8) is 0 Å². The lowest BCUT2D eigenvalue weighted by Crippen LogP contribution is -2.17. The molecule has 3 N–H and O–H groups in total. The predicted octanol–water partition coefficient (Wildman–Crippen LogP) is 2.33. The van der Waals surface area contributed by atoms with Crippen molar-refractivity contribution in [3.05, 3.63) is 40.1 Å². The number of nitrogens with one attached hydrogen (secondary N) is 1. The fourth-order valence-corrected chi connectivity index (χ4v) is 2.30. The summed E-state index contributed by atoms with van der Waals surface area (Å²) >= 11 is 3.36. The van der Waals surface area contributed by atoms with E-state index < -0.39 is 0 Å². The highest BCUT2D eigenvalue weighted by molar-refractivity contribution is 9.10. The van der Waals surface area contributed by atoms with Crippen molar-refractivity contribution in [2.75, 3.05) is 11.1 Å². The minimum absolute atomic E-state index is 0.230. The number of nitrogens with zero attached hydrogens (tertiary/aromatic N) is 2. The SMILES string of the molecule is Cc1cc(Br)cc(N)c1NC(=O)c1ccnn1C. The molecule has 5 nitrogen and oxygen atoms in total. The van der Waals surface area contributed by atoms with E-state index in [0.29, 0.717) is 17.1 Å².